The first-order valence-electron chi connectivity index (χ1n) is 10.4. The average molecular weight is 496 g/mol. The molecule has 0 aliphatic heterocycles. The highest BCUT2D eigenvalue weighted by Crippen LogP contribution is 2.36. The lowest BCUT2D eigenvalue weighted by atomic mass is 10.0. The van der Waals surface area contributed by atoms with Crippen molar-refractivity contribution in [3.8, 4) is 11.3 Å². The molecule has 35 heavy (non-hydrogen) atoms. The zero-order valence-electron chi connectivity index (χ0n) is 19.1. The molecule has 0 atom stereocenters. The summed E-state index contributed by atoms with van der Waals surface area (Å²) in [4.78, 5) is 24.8. The van der Waals surface area contributed by atoms with Gasteiger partial charge in [-0.25, -0.2) is 9.97 Å². The summed E-state index contributed by atoms with van der Waals surface area (Å²) in [5.74, 6) is -0.202. The van der Waals surface area contributed by atoms with Crippen LogP contribution in [0.2, 0.25) is 0 Å². The Morgan fingerprint density at radius 1 is 0.857 bits per heavy atom. The van der Waals surface area contributed by atoms with E-state index in [-0.39, 0.29) is 17.2 Å². The standard InChI is InChI=1S/C24H22F6N4O/c1-33(2)14-20-31-12-19(21(32-20)16-7-5-4-6-8-16)22(35)34(3)13-15-9-17(23(25,26)27)11-18(10-15)24(28,29)30/h4-12H,13-14H2,1-3H3. The summed E-state index contributed by atoms with van der Waals surface area (Å²) in [5, 5.41) is 0. The molecule has 3 aromatic rings. The number of hydrogen-bond donors (Lipinski definition) is 0. The van der Waals surface area contributed by atoms with Crippen molar-refractivity contribution in [2.24, 2.45) is 0 Å². The second-order valence-electron chi connectivity index (χ2n) is 8.23. The smallest absolute Gasteiger partial charge is 0.337 e. The van der Waals surface area contributed by atoms with Crippen LogP contribution in [-0.4, -0.2) is 46.8 Å². The van der Waals surface area contributed by atoms with Crippen LogP contribution in [0.3, 0.4) is 0 Å². The number of nitrogens with zero attached hydrogens (tertiary/aromatic N) is 4. The van der Waals surface area contributed by atoms with E-state index in [9.17, 15) is 31.1 Å². The third-order valence-corrected chi connectivity index (χ3v) is 4.99. The van der Waals surface area contributed by atoms with E-state index in [1.165, 1.54) is 13.2 Å². The van der Waals surface area contributed by atoms with Crippen LogP contribution in [0.4, 0.5) is 26.3 Å². The van der Waals surface area contributed by atoms with E-state index in [0.29, 0.717) is 35.8 Å². The molecule has 0 saturated carbocycles. The summed E-state index contributed by atoms with van der Waals surface area (Å²) < 4.78 is 79.2. The van der Waals surface area contributed by atoms with Crippen molar-refractivity contribution >= 4 is 5.91 Å². The van der Waals surface area contributed by atoms with Crippen LogP contribution in [0.5, 0.6) is 0 Å². The largest absolute Gasteiger partial charge is 0.416 e. The van der Waals surface area contributed by atoms with Gasteiger partial charge in [-0.15, -0.1) is 0 Å². The van der Waals surface area contributed by atoms with Crippen molar-refractivity contribution in [2.45, 2.75) is 25.4 Å². The van der Waals surface area contributed by atoms with E-state index < -0.39 is 35.9 Å². The molecule has 2 aromatic carbocycles. The van der Waals surface area contributed by atoms with E-state index in [4.69, 9.17) is 0 Å². The Morgan fingerprint density at radius 2 is 1.43 bits per heavy atom. The van der Waals surface area contributed by atoms with Crippen LogP contribution < -0.4 is 0 Å². The molecule has 3 rings (SSSR count). The molecular formula is C24H22F6N4O. The zero-order valence-corrected chi connectivity index (χ0v) is 19.1. The minimum Gasteiger partial charge on any atom is -0.337 e. The molecule has 186 valence electrons. The van der Waals surface area contributed by atoms with Gasteiger partial charge in [0.05, 0.1) is 28.9 Å². The van der Waals surface area contributed by atoms with Gasteiger partial charge < -0.3 is 9.80 Å². The predicted octanol–water partition coefficient (Wildman–Crippen LogP) is 5.52. The number of carbonyl (C=O) groups excluding carboxylic acids is 1. The fraction of sp³-hybridized carbons (Fsp3) is 0.292. The number of carbonyl (C=O) groups is 1. The van der Waals surface area contributed by atoms with Crippen LogP contribution in [0.25, 0.3) is 11.3 Å². The first-order valence-corrected chi connectivity index (χ1v) is 10.4. The SMILES string of the molecule is CN(C)Cc1ncc(C(=O)N(C)Cc2cc(C(F)(F)F)cc(C(F)(F)F)c2)c(-c2ccccc2)n1. The Bertz CT molecular complexity index is 1160. The molecule has 0 unspecified atom stereocenters. The van der Waals surface area contributed by atoms with E-state index in [0.717, 1.165) is 4.90 Å². The van der Waals surface area contributed by atoms with Gasteiger partial charge in [0.15, 0.2) is 0 Å². The van der Waals surface area contributed by atoms with Crippen molar-refractivity contribution in [1.82, 2.24) is 19.8 Å². The van der Waals surface area contributed by atoms with E-state index in [2.05, 4.69) is 9.97 Å². The van der Waals surface area contributed by atoms with Crippen LogP contribution in [0, 0.1) is 0 Å². The van der Waals surface area contributed by atoms with Gasteiger partial charge in [0.1, 0.15) is 5.82 Å². The van der Waals surface area contributed by atoms with E-state index in [1.807, 2.05) is 19.0 Å². The van der Waals surface area contributed by atoms with Gasteiger partial charge in [-0.3, -0.25) is 4.79 Å². The maximum atomic E-state index is 13.2. The number of benzene rings is 2. The Hall–Kier alpha value is -3.47. The lowest BCUT2D eigenvalue weighted by molar-refractivity contribution is -0.143. The van der Waals surface area contributed by atoms with Gasteiger partial charge in [0.25, 0.3) is 5.91 Å². The Labute approximate surface area is 198 Å². The summed E-state index contributed by atoms with van der Waals surface area (Å²) in [6.07, 6.45) is -8.63. The molecule has 0 fully saturated rings. The molecular weight excluding hydrogens is 474 g/mol. The van der Waals surface area contributed by atoms with Gasteiger partial charge in [-0.05, 0) is 37.9 Å². The predicted molar refractivity (Wildman–Crippen MR) is 117 cm³/mol. The van der Waals surface area contributed by atoms with Gasteiger partial charge in [0, 0.05) is 25.4 Å². The average Bonchev–Trinajstić information content (AvgIpc) is 2.77. The second-order valence-corrected chi connectivity index (χ2v) is 8.23. The molecule has 0 radical (unpaired) electrons. The highest BCUT2D eigenvalue weighted by molar-refractivity contribution is 5.99. The minimum atomic E-state index is -4.98. The summed E-state index contributed by atoms with van der Waals surface area (Å²) in [6.45, 7) is -0.0892. The topological polar surface area (TPSA) is 49.3 Å². The molecule has 0 saturated heterocycles. The summed E-state index contributed by atoms with van der Waals surface area (Å²) >= 11 is 0. The number of halogens is 6. The molecule has 1 amide bonds. The summed E-state index contributed by atoms with van der Waals surface area (Å²) in [7, 11) is 4.93. The Balaban J connectivity index is 1.98. The minimum absolute atomic E-state index is 0.0517. The maximum Gasteiger partial charge on any atom is 0.416 e. The van der Waals surface area contributed by atoms with Crippen LogP contribution in [-0.2, 0) is 25.4 Å². The lowest BCUT2D eigenvalue weighted by Gasteiger charge is -2.21. The Kier molecular flexibility index (Phi) is 7.49. The Morgan fingerprint density at radius 3 is 1.94 bits per heavy atom. The number of amides is 1. The number of hydrogen-bond acceptors (Lipinski definition) is 4. The quantitative estimate of drug-likeness (QED) is 0.422. The molecule has 0 spiro atoms. The fourth-order valence-electron chi connectivity index (χ4n) is 3.41. The van der Waals surface area contributed by atoms with Gasteiger partial charge in [0.2, 0.25) is 0 Å². The summed E-state index contributed by atoms with van der Waals surface area (Å²) in [5.41, 5.74) is -2.19. The lowest BCUT2D eigenvalue weighted by Crippen LogP contribution is -2.28. The monoisotopic (exact) mass is 496 g/mol. The highest BCUT2D eigenvalue weighted by Gasteiger charge is 2.37. The van der Waals surface area contributed by atoms with Crippen LogP contribution in [0.15, 0.2) is 54.7 Å². The van der Waals surface area contributed by atoms with Gasteiger partial charge in [-0.2, -0.15) is 26.3 Å². The fourth-order valence-corrected chi connectivity index (χ4v) is 3.41. The highest BCUT2D eigenvalue weighted by atomic mass is 19.4. The zero-order chi connectivity index (χ0) is 26.0. The number of alkyl halides is 6. The third kappa shape index (κ3) is 6.56. The molecule has 0 aliphatic carbocycles. The first kappa shape index (κ1) is 26.1. The molecule has 11 heteroatoms. The van der Waals surface area contributed by atoms with Gasteiger partial charge >= 0.3 is 12.4 Å². The van der Waals surface area contributed by atoms with Crippen molar-refractivity contribution in [1.29, 1.82) is 0 Å². The summed E-state index contributed by atoms with van der Waals surface area (Å²) in [6, 6.07) is 10.0. The van der Waals surface area contributed by atoms with Crippen LogP contribution >= 0.6 is 0 Å². The van der Waals surface area contributed by atoms with Crippen LogP contribution in [0.1, 0.15) is 32.9 Å². The van der Waals surface area contributed by atoms with Crippen molar-refractivity contribution in [2.75, 3.05) is 21.1 Å². The van der Waals surface area contributed by atoms with E-state index in [1.54, 1.807) is 30.3 Å². The first-order chi connectivity index (χ1) is 16.3. The molecule has 1 heterocycles. The molecule has 5 nitrogen and oxygen atoms in total. The van der Waals surface area contributed by atoms with Crippen molar-refractivity contribution in [3.63, 3.8) is 0 Å². The normalized spacial score (nSPS) is 12.2. The third-order valence-electron chi connectivity index (χ3n) is 4.99. The van der Waals surface area contributed by atoms with Crippen molar-refractivity contribution in [3.05, 3.63) is 82.8 Å². The van der Waals surface area contributed by atoms with E-state index >= 15 is 0 Å². The second kappa shape index (κ2) is 10.0. The number of aromatic nitrogens is 2. The molecule has 0 bridgehead atoms. The van der Waals surface area contributed by atoms with Gasteiger partial charge in [-0.1, -0.05) is 30.3 Å². The molecule has 1 aromatic heterocycles. The maximum absolute atomic E-state index is 13.2. The van der Waals surface area contributed by atoms with Crippen molar-refractivity contribution < 1.29 is 31.1 Å². The molecule has 0 N–H and O–H groups in total. The molecule has 0 aliphatic rings. The number of rotatable bonds is 6.